The molecule has 1 atom stereocenters. The van der Waals surface area contributed by atoms with Crippen molar-refractivity contribution >= 4 is 17.3 Å². The summed E-state index contributed by atoms with van der Waals surface area (Å²) in [6.45, 7) is 4.56. The number of nitrogens with two attached hydrogens (primary N) is 1. The van der Waals surface area contributed by atoms with Crippen molar-refractivity contribution in [2.24, 2.45) is 5.73 Å². The van der Waals surface area contributed by atoms with Crippen LogP contribution in [0, 0.1) is 0 Å². The van der Waals surface area contributed by atoms with Crippen LogP contribution >= 0.6 is 12.2 Å². The van der Waals surface area contributed by atoms with E-state index in [9.17, 15) is 0 Å². The van der Waals surface area contributed by atoms with E-state index in [1.165, 1.54) is 0 Å². The van der Waals surface area contributed by atoms with E-state index in [1.54, 1.807) is 0 Å². The second-order valence-electron chi connectivity index (χ2n) is 2.81. The molecule has 2 N–H and O–H groups in total. The topological polar surface area (TPSA) is 38.5 Å². The molecule has 4 heteroatoms. The lowest BCUT2D eigenvalue weighted by atomic mass is 10.3. The Morgan fingerprint density at radius 3 is 3.09 bits per heavy atom. The average molecular weight is 174 g/mol. The number of hydrogen-bond acceptors (Lipinski definition) is 2. The number of hydrogen-bond donors (Lipinski definition) is 1. The highest BCUT2D eigenvalue weighted by Crippen LogP contribution is 2.05. The van der Waals surface area contributed by atoms with E-state index in [1.807, 2.05) is 4.90 Å². The molecule has 11 heavy (non-hydrogen) atoms. The lowest BCUT2D eigenvalue weighted by Crippen LogP contribution is -2.43. The van der Waals surface area contributed by atoms with Crippen molar-refractivity contribution in [1.29, 1.82) is 0 Å². The van der Waals surface area contributed by atoms with Crippen molar-refractivity contribution in [1.82, 2.24) is 4.90 Å². The monoisotopic (exact) mass is 174 g/mol. The van der Waals surface area contributed by atoms with Crippen molar-refractivity contribution < 1.29 is 4.74 Å². The van der Waals surface area contributed by atoms with Crippen LogP contribution in [0.1, 0.15) is 13.3 Å². The minimum absolute atomic E-state index is 0.329. The minimum atomic E-state index is 0.329. The molecule has 64 valence electrons. The number of rotatable bonds is 0. The molecular weight excluding hydrogens is 160 g/mol. The maximum atomic E-state index is 5.53. The van der Waals surface area contributed by atoms with E-state index in [-0.39, 0.29) is 0 Å². The molecule has 0 aromatic heterocycles. The van der Waals surface area contributed by atoms with Crippen LogP contribution in [0.3, 0.4) is 0 Å². The molecule has 0 saturated carbocycles. The molecule has 0 spiro atoms. The molecule has 0 aliphatic carbocycles. The van der Waals surface area contributed by atoms with Crippen LogP contribution in [0.2, 0.25) is 0 Å². The smallest absolute Gasteiger partial charge is 0.166 e. The van der Waals surface area contributed by atoms with E-state index in [0.717, 1.165) is 26.2 Å². The Morgan fingerprint density at radius 2 is 2.45 bits per heavy atom. The van der Waals surface area contributed by atoms with Gasteiger partial charge in [-0.3, -0.25) is 0 Å². The van der Waals surface area contributed by atoms with Gasteiger partial charge >= 0.3 is 0 Å². The summed E-state index contributed by atoms with van der Waals surface area (Å²) in [7, 11) is 0. The minimum Gasteiger partial charge on any atom is -0.379 e. The van der Waals surface area contributed by atoms with Gasteiger partial charge in [0, 0.05) is 13.2 Å². The maximum Gasteiger partial charge on any atom is 0.166 e. The Morgan fingerprint density at radius 1 is 1.73 bits per heavy atom. The van der Waals surface area contributed by atoms with Gasteiger partial charge in [0.25, 0.3) is 0 Å². The third-order valence-electron chi connectivity index (χ3n) is 1.86. The quantitative estimate of drug-likeness (QED) is 0.537. The van der Waals surface area contributed by atoms with Crippen molar-refractivity contribution in [2.45, 2.75) is 19.4 Å². The Kier molecular flexibility index (Phi) is 3.08. The summed E-state index contributed by atoms with van der Waals surface area (Å²) < 4.78 is 5.33. The number of nitrogens with zero attached hydrogens (tertiary/aromatic N) is 1. The Labute approximate surface area is 72.5 Å². The zero-order valence-electron chi connectivity index (χ0n) is 6.75. The van der Waals surface area contributed by atoms with Gasteiger partial charge in [-0.2, -0.15) is 0 Å². The molecule has 1 heterocycles. The molecule has 1 unspecified atom stereocenters. The van der Waals surface area contributed by atoms with Crippen LogP contribution in [-0.4, -0.2) is 35.8 Å². The van der Waals surface area contributed by atoms with Crippen molar-refractivity contribution in [3.05, 3.63) is 0 Å². The molecule has 0 amide bonds. The summed E-state index contributed by atoms with van der Waals surface area (Å²) in [5.74, 6) is 0. The van der Waals surface area contributed by atoms with Crippen molar-refractivity contribution in [3.63, 3.8) is 0 Å². The molecule has 1 aliphatic rings. The van der Waals surface area contributed by atoms with Crippen LogP contribution in [-0.2, 0) is 4.74 Å². The highest BCUT2D eigenvalue weighted by molar-refractivity contribution is 7.80. The first kappa shape index (κ1) is 8.74. The molecule has 1 fully saturated rings. The third-order valence-corrected chi connectivity index (χ3v) is 2.10. The standard InChI is InChI=1S/C7H14N2OS/c1-6-5-10-4-2-3-9(6)7(8)11/h6H,2-5H2,1H3,(H2,8,11). The molecule has 3 nitrogen and oxygen atoms in total. The van der Waals surface area contributed by atoms with Gasteiger partial charge in [-0.25, -0.2) is 0 Å². The van der Waals surface area contributed by atoms with Crippen LogP contribution < -0.4 is 5.73 Å². The second kappa shape index (κ2) is 3.88. The van der Waals surface area contributed by atoms with Gasteiger partial charge in [0.05, 0.1) is 12.6 Å². The fraction of sp³-hybridized carbons (Fsp3) is 0.857. The Balaban J connectivity index is 2.52. The van der Waals surface area contributed by atoms with Gasteiger partial charge in [-0.15, -0.1) is 0 Å². The zero-order valence-corrected chi connectivity index (χ0v) is 7.56. The third kappa shape index (κ3) is 2.31. The van der Waals surface area contributed by atoms with Crippen molar-refractivity contribution in [2.75, 3.05) is 19.8 Å². The fourth-order valence-corrected chi connectivity index (χ4v) is 1.50. The highest BCUT2D eigenvalue weighted by Gasteiger charge is 2.17. The summed E-state index contributed by atoms with van der Waals surface area (Å²) in [5.41, 5.74) is 5.53. The largest absolute Gasteiger partial charge is 0.379 e. The first-order valence-electron chi connectivity index (χ1n) is 3.85. The van der Waals surface area contributed by atoms with Gasteiger partial charge < -0.3 is 15.4 Å². The predicted octanol–water partition coefficient (Wildman–Crippen LogP) is 0.341. The molecule has 1 rings (SSSR count). The predicted molar refractivity (Wildman–Crippen MR) is 48.4 cm³/mol. The van der Waals surface area contributed by atoms with E-state index in [4.69, 9.17) is 22.7 Å². The van der Waals surface area contributed by atoms with Crippen LogP contribution in [0.5, 0.6) is 0 Å². The first-order valence-corrected chi connectivity index (χ1v) is 4.26. The first-order chi connectivity index (χ1) is 5.22. The van der Waals surface area contributed by atoms with Crippen LogP contribution in [0.4, 0.5) is 0 Å². The van der Waals surface area contributed by atoms with Gasteiger partial charge in [0.2, 0.25) is 0 Å². The molecule has 0 radical (unpaired) electrons. The second-order valence-corrected chi connectivity index (χ2v) is 3.23. The molecule has 0 bridgehead atoms. The molecule has 0 aromatic carbocycles. The van der Waals surface area contributed by atoms with Gasteiger partial charge in [-0.05, 0) is 25.6 Å². The Hall–Kier alpha value is -0.350. The van der Waals surface area contributed by atoms with Crippen LogP contribution in [0.15, 0.2) is 0 Å². The lowest BCUT2D eigenvalue weighted by Gasteiger charge is -2.26. The van der Waals surface area contributed by atoms with E-state index in [2.05, 4.69) is 6.92 Å². The summed E-state index contributed by atoms with van der Waals surface area (Å²) in [6.07, 6.45) is 1.02. The van der Waals surface area contributed by atoms with E-state index in [0.29, 0.717) is 11.2 Å². The summed E-state index contributed by atoms with van der Waals surface area (Å²) in [5, 5.41) is 0.489. The molecule has 0 aromatic rings. The summed E-state index contributed by atoms with van der Waals surface area (Å²) >= 11 is 4.90. The van der Waals surface area contributed by atoms with Crippen molar-refractivity contribution in [3.8, 4) is 0 Å². The maximum absolute atomic E-state index is 5.53. The van der Waals surface area contributed by atoms with Gasteiger partial charge in [0.1, 0.15) is 0 Å². The lowest BCUT2D eigenvalue weighted by molar-refractivity contribution is 0.124. The zero-order chi connectivity index (χ0) is 8.27. The molecule has 1 saturated heterocycles. The normalized spacial score (nSPS) is 26.3. The number of ether oxygens (including phenoxy) is 1. The Bertz CT molecular complexity index is 151. The average Bonchev–Trinajstić information content (AvgIpc) is 2.13. The van der Waals surface area contributed by atoms with Gasteiger partial charge in [-0.1, -0.05) is 0 Å². The highest BCUT2D eigenvalue weighted by atomic mass is 32.1. The summed E-state index contributed by atoms with van der Waals surface area (Å²) in [4.78, 5) is 2.02. The molecule has 1 aliphatic heterocycles. The SMILES string of the molecule is CC1COCCCN1C(N)=S. The number of thiocarbonyl (C=S) groups is 1. The molecular formula is C7H14N2OS. The fourth-order valence-electron chi connectivity index (χ4n) is 1.23. The van der Waals surface area contributed by atoms with Crippen LogP contribution in [0.25, 0.3) is 0 Å². The summed E-state index contributed by atoms with van der Waals surface area (Å²) in [6, 6.07) is 0.329. The van der Waals surface area contributed by atoms with Gasteiger partial charge in [0.15, 0.2) is 5.11 Å². The van der Waals surface area contributed by atoms with E-state index < -0.39 is 0 Å². The van der Waals surface area contributed by atoms with E-state index >= 15 is 0 Å².